The summed E-state index contributed by atoms with van der Waals surface area (Å²) in [5.41, 5.74) is -0.677. The fraction of sp³-hybridized carbons (Fsp3) is 0.417. The van der Waals surface area contributed by atoms with E-state index in [-0.39, 0.29) is 28.9 Å². The molecule has 104 valence electrons. The summed E-state index contributed by atoms with van der Waals surface area (Å²) in [6.07, 6.45) is 1.26. The summed E-state index contributed by atoms with van der Waals surface area (Å²) in [5, 5.41) is 0. The number of hydrogen-bond acceptors (Lipinski definition) is 5. The third kappa shape index (κ3) is 3.23. The molecule has 0 atom stereocenters. The summed E-state index contributed by atoms with van der Waals surface area (Å²) in [5.74, 6) is -1.36. The van der Waals surface area contributed by atoms with Crippen LogP contribution in [0.4, 0.5) is 0 Å². The molecule has 0 saturated heterocycles. The number of aromatic nitrogens is 1. The zero-order valence-electron chi connectivity index (χ0n) is 10.9. The van der Waals surface area contributed by atoms with Crippen molar-refractivity contribution in [1.82, 2.24) is 4.57 Å². The Morgan fingerprint density at radius 3 is 2.26 bits per heavy atom. The van der Waals surface area contributed by atoms with Crippen molar-refractivity contribution in [2.75, 3.05) is 13.2 Å². The van der Waals surface area contributed by atoms with Crippen LogP contribution in [0.5, 0.6) is 0 Å². The molecule has 0 aliphatic heterocycles. The number of carbonyl (C=O) groups excluding carboxylic acids is 2. The number of pyridine rings is 1. The van der Waals surface area contributed by atoms with Crippen molar-refractivity contribution in [1.29, 1.82) is 0 Å². The largest absolute Gasteiger partial charge is 0.462 e. The van der Waals surface area contributed by atoms with E-state index < -0.39 is 17.4 Å². The van der Waals surface area contributed by atoms with Gasteiger partial charge in [0.2, 0.25) is 5.43 Å². The van der Waals surface area contributed by atoms with Gasteiger partial charge < -0.3 is 14.0 Å². The van der Waals surface area contributed by atoms with Crippen LogP contribution in [-0.2, 0) is 16.5 Å². The zero-order chi connectivity index (χ0) is 14.6. The second-order valence-electron chi connectivity index (χ2n) is 3.59. The van der Waals surface area contributed by atoms with Gasteiger partial charge in [0, 0.05) is 13.2 Å². The maximum atomic E-state index is 12.0. The van der Waals surface area contributed by atoms with Gasteiger partial charge in [-0.15, -0.1) is 0 Å². The minimum atomic E-state index is -0.723. The van der Waals surface area contributed by atoms with E-state index in [9.17, 15) is 14.4 Å². The predicted molar refractivity (Wildman–Crippen MR) is 71.3 cm³/mol. The minimum absolute atomic E-state index is 0.0148. The number of carbonyl (C=O) groups is 2. The highest BCUT2D eigenvalue weighted by atomic mass is 79.9. The van der Waals surface area contributed by atoms with Gasteiger partial charge in [-0.25, -0.2) is 9.59 Å². The number of ether oxygens (including phenoxy) is 2. The Morgan fingerprint density at radius 1 is 1.21 bits per heavy atom. The molecule has 0 spiro atoms. The molecule has 0 unspecified atom stereocenters. The van der Waals surface area contributed by atoms with Crippen molar-refractivity contribution in [3.8, 4) is 0 Å². The van der Waals surface area contributed by atoms with E-state index in [1.807, 2.05) is 0 Å². The summed E-state index contributed by atoms with van der Waals surface area (Å²) in [6.45, 7) is 3.67. The van der Waals surface area contributed by atoms with Gasteiger partial charge in [0.05, 0.1) is 17.7 Å². The lowest BCUT2D eigenvalue weighted by molar-refractivity contribution is 0.0498. The van der Waals surface area contributed by atoms with Gasteiger partial charge >= 0.3 is 11.9 Å². The molecule has 0 bridgehead atoms. The maximum Gasteiger partial charge on any atom is 0.356 e. The average Bonchev–Trinajstić information content (AvgIpc) is 2.34. The van der Waals surface area contributed by atoms with Gasteiger partial charge in [-0.3, -0.25) is 4.79 Å². The van der Waals surface area contributed by atoms with Crippen LogP contribution in [0.25, 0.3) is 0 Å². The monoisotopic (exact) mass is 331 g/mol. The number of esters is 2. The number of halogens is 1. The molecule has 0 saturated carbocycles. The molecule has 1 heterocycles. The standard InChI is InChI=1S/C12H14BrNO5/c1-4-18-11(16)7-6-14(3)9(8(13)10(7)15)12(17)19-5-2/h6H,4-5H2,1-3H3. The second kappa shape index (κ2) is 6.51. The summed E-state index contributed by atoms with van der Waals surface area (Å²) in [7, 11) is 1.54. The minimum Gasteiger partial charge on any atom is -0.462 e. The molecular weight excluding hydrogens is 318 g/mol. The summed E-state index contributed by atoms with van der Waals surface area (Å²) >= 11 is 3.03. The second-order valence-corrected chi connectivity index (χ2v) is 4.38. The Balaban J connectivity index is 3.35. The van der Waals surface area contributed by atoms with E-state index >= 15 is 0 Å². The predicted octanol–water partition coefficient (Wildman–Crippen LogP) is 1.50. The molecule has 6 nitrogen and oxygen atoms in total. The normalized spacial score (nSPS) is 10.1. The molecule has 0 fully saturated rings. The van der Waals surface area contributed by atoms with Crippen LogP contribution in [0.3, 0.4) is 0 Å². The molecule has 0 aliphatic carbocycles. The Hall–Kier alpha value is -1.63. The van der Waals surface area contributed by atoms with Gasteiger partial charge in [0.1, 0.15) is 11.3 Å². The lowest BCUT2D eigenvalue weighted by Gasteiger charge is -2.11. The third-order valence-electron chi connectivity index (χ3n) is 2.29. The molecule has 0 amide bonds. The Kier molecular flexibility index (Phi) is 5.29. The maximum absolute atomic E-state index is 12.0. The van der Waals surface area contributed by atoms with Crippen molar-refractivity contribution >= 4 is 27.9 Å². The molecule has 1 aromatic rings. The van der Waals surface area contributed by atoms with Gasteiger partial charge in [-0.1, -0.05) is 0 Å². The molecule has 0 aliphatic rings. The van der Waals surface area contributed by atoms with Gasteiger partial charge in [-0.2, -0.15) is 0 Å². The molecule has 0 aromatic carbocycles. The first-order chi connectivity index (χ1) is 8.93. The Morgan fingerprint density at radius 2 is 1.74 bits per heavy atom. The molecule has 1 aromatic heterocycles. The first-order valence-corrected chi connectivity index (χ1v) is 6.46. The Bertz CT molecular complexity index is 564. The molecule has 0 radical (unpaired) electrons. The van der Waals surface area contributed by atoms with Crippen molar-refractivity contribution < 1.29 is 19.1 Å². The lowest BCUT2D eigenvalue weighted by atomic mass is 10.2. The van der Waals surface area contributed by atoms with Crippen LogP contribution in [0.15, 0.2) is 15.5 Å². The van der Waals surface area contributed by atoms with Gasteiger partial charge in [0.25, 0.3) is 0 Å². The highest BCUT2D eigenvalue weighted by Gasteiger charge is 2.22. The Labute approximate surface area is 118 Å². The molecule has 19 heavy (non-hydrogen) atoms. The first kappa shape index (κ1) is 15.4. The van der Waals surface area contributed by atoms with Gasteiger partial charge in [0.15, 0.2) is 0 Å². The summed E-state index contributed by atoms with van der Waals surface area (Å²) in [4.78, 5) is 35.3. The zero-order valence-corrected chi connectivity index (χ0v) is 12.4. The van der Waals surface area contributed by atoms with Crippen molar-refractivity contribution in [2.24, 2.45) is 7.05 Å². The van der Waals surface area contributed by atoms with E-state index in [2.05, 4.69) is 15.9 Å². The summed E-state index contributed by atoms with van der Waals surface area (Å²) in [6, 6.07) is 0. The highest BCUT2D eigenvalue weighted by molar-refractivity contribution is 9.10. The molecular formula is C12H14BrNO5. The SMILES string of the molecule is CCOC(=O)c1cn(C)c(C(=O)OCC)c(Br)c1=O. The lowest BCUT2D eigenvalue weighted by Crippen LogP contribution is -2.25. The van der Waals surface area contributed by atoms with Crippen LogP contribution in [0, 0.1) is 0 Å². The fourth-order valence-electron chi connectivity index (χ4n) is 1.48. The van der Waals surface area contributed by atoms with Crippen molar-refractivity contribution in [2.45, 2.75) is 13.8 Å². The van der Waals surface area contributed by atoms with E-state index in [1.54, 1.807) is 20.9 Å². The molecule has 0 N–H and O–H groups in total. The van der Waals surface area contributed by atoms with Crippen LogP contribution in [0.1, 0.15) is 34.7 Å². The van der Waals surface area contributed by atoms with Crippen molar-refractivity contribution in [3.05, 3.63) is 32.2 Å². The molecule has 7 heteroatoms. The van der Waals surface area contributed by atoms with Gasteiger partial charge in [-0.05, 0) is 29.8 Å². The number of hydrogen-bond donors (Lipinski definition) is 0. The average molecular weight is 332 g/mol. The van der Waals surface area contributed by atoms with Crippen LogP contribution in [-0.4, -0.2) is 29.7 Å². The number of rotatable bonds is 4. The van der Waals surface area contributed by atoms with Crippen LogP contribution in [0.2, 0.25) is 0 Å². The summed E-state index contributed by atoms with van der Waals surface area (Å²) < 4.78 is 11.0. The van der Waals surface area contributed by atoms with E-state index in [1.165, 1.54) is 10.8 Å². The van der Waals surface area contributed by atoms with E-state index in [0.29, 0.717) is 0 Å². The highest BCUT2D eigenvalue weighted by Crippen LogP contribution is 2.14. The number of aryl methyl sites for hydroxylation is 1. The smallest absolute Gasteiger partial charge is 0.356 e. The topological polar surface area (TPSA) is 74.6 Å². The van der Waals surface area contributed by atoms with Crippen molar-refractivity contribution in [3.63, 3.8) is 0 Å². The van der Waals surface area contributed by atoms with E-state index in [4.69, 9.17) is 9.47 Å². The van der Waals surface area contributed by atoms with Crippen LogP contribution < -0.4 is 5.43 Å². The quantitative estimate of drug-likeness (QED) is 0.781. The number of nitrogens with zero attached hydrogens (tertiary/aromatic N) is 1. The van der Waals surface area contributed by atoms with Crippen LogP contribution >= 0.6 is 15.9 Å². The fourth-order valence-corrected chi connectivity index (χ4v) is 2.14. The van der Waals surface area contributed by atoms with E-state index in [0.717, 1.165) is 0 Å². The molecule has 1 rings (SSSR count). The third-order valence-corrected chi connectivity index (χ3v) is 3.03. The first-order valence-electron chi connectivity index (χ1n) is 5.67.